The fourth-order valence-corrected chi connectivity index (χ4v) is 2.91. The third kappa shape index (κ3) is 5.01. The van der Waals surface area contributed by atoms with Gasteiger partial charge in [-0.05, 0) is 50.9 Å². The van der Waals surface area contributed by atoms with Crippen molar-refractivity contribution in [3.05, 3.63) is 23.8 Å². The Kier molecular flexibility index (Phi) is 7.65. The summed E-state index contributed by atoms with van der Waals surface area (Å²) in [5, 5.41) is 6.48. The summed E-state index contributed by atoms with van der Waals surface area (Å²) in [6.45, 7) is 5.02. The molecular weight excluding hydrogens is 316 g/mol. The van der Waals surface area contributed by atoms with Gasteiger partial charge in [0.1, 0.15) is 0 Å². The van der Waals surface area contributed by atoms with E-state index in [-0.39, 0.29) is 30.3 Å². The van der Waals surface area contributed by atoms with Gasteiger partial charge in [-0.3, -0.25) is 4.79 Å². The first-order valence-electron chi connectivity index (χ1n) is 7.80. The van der Waals surface area contributed by atoms with Crippen LogP contribution < -0.4 is 20.1 Å². The lowest BCUT2D eigenvalue weighted by Gasteiger charge is -2.28. The Morgan fingerprint density at radius 2 is 2.00 bits per heavy atom. The molecule has 1 amide bonds. The SMILES string of the molecule is COc1ccc(C(C)NC(=O)[C@H]2CCN[C@@H](C)C2)cc1OC.Cl. The second-order valence-electron chi connectivity index (χ2n) is 5.92. The molecule has 5 nitrogen and oxygen atoms in total. The molecule has 6 heteroatoms. The number of nitrogens with one attached hydrogen (secondary N) is 2. The van der Waals surface area contributed by atoms with Crippen molar-refractivity contribution in [2.24, 2.45) is 5.92 Å². The molecule has 2 N–H and O–H groups in total. The molecule has 3 atom stereocenters. The van der Waals surface area contributed by atoms with Crippen molar-refractivity contribution in [2.45, 2.75) is 38.8 Å². The summed E-state index contributed by atoms with van der Waals surface area (Å²) < 4.78 is 10.6. The van der Waals surface area contributed by atoms with Gasteiger partial charge < -0.3 is 20.1 Å². The fourth-order valence-electron chi connectivity index (χ4n) is 2.91. The van der Waals surface area contributed by atoms with E-state index in [0.717, 1.165) is 24.9 Å². The molecule has 1 fully saturated rings. The first kappa shape index (κ1) is 19.6. The van der Waals surface area contributed by atoms with Crippen LogP contribution in [0.3, 0.4) is 0 Å². The van der Waals surface area contributed by atoms with Crippen molar-refractivity contribution in [3.63, 3.8) is 0 Å². The van der Waals surface area contributed by atoms with E-state index < -0.39 is 0 Å². The molecule has 1 aliphatic heterocycles. The lowest BCUT2D eigenvalue weighted by molar-refractivity contribution is -0.126. The molecule has 1 unspecified atom stereocenters. The van der Waals surface area contributed by atoms with Crippen LogP contribution in [-0.2, 0) is 4.79 Å². The largest absolute Gasteiger partial charge is 0.493 e. The molecule has 130 valence electrons. The molecule has 2 rings (SSSR count). The van der Waals surface area contributed by atoms with Gasteiger partial charge in [0.2, 0.25) is 5.91 Å². The maximum Gasteiger partial charge on any atom is 0.223 e. The van der Waals surface area contributed by atoms with E-state index >= 15 is 0 Å². The van der Waals surface area contributed by atoms with Crippen molar-refractivity contribution < 1.29 is 14.3 Å². The van der Waals surface area contributed by atoms with Crippen LogP contribution in [0.5, 0.6) is 11.5 Å². The fraction of sp³-hybridized carbons (Fsp3) is 0.588. The lowest BCUT2D eigenvalue weighted by Crippen LogP contribution is -2.42. The highest BCUT2D eigenvalue weighted by atomic mass is 35.5. The molecule has 0 aliphatic carbocycles. The molecule has 23 heavy (non-hydrogen) atoms. The minimum atomic E-state index is -0.0579. The van der Waals surface area contributed by atoms with Gasteiger partial charge in [-0.2, -0.15) is 0 Å². The van der Waals surface area contributed by atoms with Crippen molar-refractivity contribution in [2.75, 3.05) is 20.8 Å². The molecule has 0 bridgehead atoms. The minimum Gasteiger partial charge on any atom is -0.493 e. The zero-order valence-corrected chi connectivity index (χ0v) is 15.0. The number of rotatable bonds is 5. The Bertz CT molecular complexity index is 525. The number of methoxy groups -OCH3 is 2. The summed E-state index contributed by atoms with van der Waals surface area (Å²) in [5.41, 5.74) is 1.01. The van der Waals surface area contributed by atoms with Crippen LogP contribution in [0, 0.1) is 5.92 Å². The molecule has 1 heterocycles. The predicted octanol–water partition coefficient (Wildman–Crippen LogP) is 2.69. The Morgan fingerprint density at radius 1 is 1.30 bits per heavy atom. The molecule has 0 spiro atoms. The summed E-state index contributed by atoms with van der Waals surface area (Å²) in [4.78, 5) is 12.4. The maximum absolute atomic E-state index is 12.4. The van der Waals surface area contributed by atoms with E-state index in [9.17, 15) is 4.79 Å². The lowest BCUT2D eigenvalue weighted by atomic mass is 9.92. The second-order valence-corrected chi connectivity index (χ2v) is 5.92. The number of carbonyl (C=O) groups excluding carboxylic acids is 1. The van der Waals surface area contributed by atoms with Crippen LogP contribution in [-0.4, -0.2) is 32.7 Å². The van der Waals surface area contributed by atoms with Gasteiger partial charge in [0.05, 0.1) is 20.3 Å². The Balaban J connectivity index is 0.00000264. The van der Waals surface area contributed by atoms with Gasteiger partial charge in [0.25, 0.3) is 0 Å². The summed E-state index contributed by atoms with van der Waals surface area (Å²) in [6, 6.07) is 6.08. The van der Waals surface area contributed by atoms with Crippen LogP contribution in [0.25, 0.3) is 0 Å². The molecule has 0 radical (unpaired) electrons. The highest BCUT2D eigenvalue weighted by Crippen LogP contribution is 2.30. The third-order valence-electron chi connectivity index (χ3n) is 4.26. The Morgan fingerprint density at radius 3 is 2.61 bits per heavy atom. The zero-order valence-electron chi connectivity index (χ0n) is 14.2. The number of hydrogen-bond acceptors (Lipinski definition) is 4. The quantitative estimate of drug-likeness (QED) is 0.863. The third-order valence-corrected chi connectivity index (χ3v) is 4.26. The summed E-state index contributed by atoms with van der Waals surface area (Å²) >= 11 is 0. The molecule has 1 aromatic rings. The van der Waals surface area contributed by atoms with Crippen molar-refractivity contribution >= 4 is 18.3 Å². The normalized spacial score (nSPS) is 21.7. The van der Waals surface area contributed by atoms with E-state index in [0.29, 0.717) is 17.5 Å². The van der Waals surface area contributed by atoms with E-state index in [4.69, 9.17) is 9.47 Å². The first-order valence-corrected chi connectivity index (χ1v) is 7.80. The number of carbonyl (C=O) groups is 1. The highest BCUT2D eigenvalue weighted by molar-refractivity contribution is 5.85. The topological polar surface area (TPSA) is 59.6 Å². The smallest absolute Gasteiger partial charge is 0.223 e. The van der Waals surface area contributed by atoms with Gasteiger partial charge in [0.15, 0.2) is 11.5 Å². The maximum atomic E-state index is 12.4. The van der Waals surface area contributed by atoms with Crippen LogP contribution in [0.1, 0.15) is 38.3 Å². The number of hydrogen-bond donors (Lipinski definition) is 2. The van der Waals surface area contributed by atoms with Gasteiger partial charge in [0, 0.05) is 12.0 Å². The molecule has 0 saturated carbocycles. The average molecular weight is 343 g/mol. The number of piperidine rings is 1. The summed E-state index contributed by atoms with van der Waals surface area (Å²) in [6.07, 6.45) is 1.79. The minimum absolute atomic E-state index is 0. The average Bonchev–Trinajstić information content (AvgIpc) is 2.54. The Hall–Kier alpha value is -1.46. The Labute approximate surface area is 144 Å². The molecule has 1 aromatic carbocycles. The van der Waals surface area contributed by atoms with E-state index in [1.807, 2.05) is 25.1 Å². The van der Waals surface area contributed by atoms with Gasteiger partial charge >= 0.3 is 0 Å². The van der Waals surface area contributed by atoms with Crippen molar-refractivity contribution in [3.8, 4) is 11.5 Å². The van der Waals surface area contributed by atoms with Gasteiger partial charge in [-0.15, -0.1) is 12.4 Å². The second kappa shape index (κ2) is 8.99. The summed E-state index contributed by atoms with van der Waals surface area (Å²) in [7, 11) is 3.22. The van der Waals surface area contributed by atoms with Gasteiger partial charge in [-0.1, -0.05) is 6.07 Å². The van der Waals surface area contributed by atoms with Crippen LogP contribution >= 0.6 is 12.4 Å². The van der Waals surface area contributed by atoms with Crippen LogP contribution in [0.4, 0.5) is 0 Å². The van der Waals surface area contributed by atoms with Gasteiger partial charge in [-0.25, -0.2) is 0 Å². The molecule has 0 aromatic heterocycles. The zero-order chi connectivity index (χ0) is 16.1. The van der Waals surface area contributed by atoms with Crippen LogP contribution in [0.15, 0.2) is 18.2 Å². The number of amides is 1. The van der Waals surface area contributed by atoms with E-state index in [1.165, 1.54) is 0 Å². The molecule has 1 saturated heterocycles. The van der Waals surface area contributed by atoms with Crippen molar-refractivity contribution in [1.82, 2.24) is 10.6 Å². The monoisotopic (exact) mass is 342 g/mol. The molecule has 1 aliphatic rings. The predicted molar refractivity (Wildman–Crippen MR) is 93.5 cm³/mol. The summed E-state index contributed by atoms with van der Waals surface area (Å²) in [5.74, 6) is 1.60. The molecular formula is C17H27ClN2O3. The first-order chi connectivity index (χ1) is 10.5. The van der Waals surface area contributed by atoms with E-state index in [2.05, 4.69) is 17.6 Å². The highest BCUT2D eigenvalue weighted by Gasteiger charge is 2.25. The van der Waals surface area contributed by atoms with Crippen LogP contribution in [0.2, 0.25) is 0 Å². The van der Waals surface area contributed by atoms with Crippen molar-refractivity contribution in [1.29, 1.82) is 0 Å². The standard InChI is InChI=1S/C17H26N2O3.ClH/c1-11-9-14(7-8-18-11)17(20)19-12(2)13-5-6-15(21-3)16(10-13)22-4;/h5-6,10-12,14,18H,7-9H2,1-4H3,(H,19,20);1H/t11-,12?,14-;/m0./s1. The van der Waals surface area contributed by atoms with E-state index in [1.54, 1.807) is 14.2 Å². The number of ether oxygens (including phenoxy) is 2. The number of halogens is 1. The number of benzene rings is 1.